The predicted molar refractivity (Wildman–Crippen MR) is 137 cm³/mol. The van der Waals surface area contributed by atoms with Crippen molar-refractivity contribution in [2.24, 2.45) is 0 Å². The summed E-state index contributed by atoms with van der Waals surface area (Å²) in [5.41, 5.74) is 4.13. The Morgan fingerprint density at radius 1 is 1.03 bits per heavy atom. The Hall–Kier alpha value is -2.83. The fourth-order valence-corrected chi connectivity index (χ4v) is 5.31. The maximum atomic E-state index is 12.7. The third-order valence-electron chi connectivity index (χ3n) is 6.46. The van der Waals surface area contributed by atoms with Gasteiger partial charge in [-0.3, -0.25) is 9.69 Å². The standard InChI is InChI=1S/C27H33N3O2S/c1-3-29(4-2)27(32)22-8-10-23(11-9-22)30(25-6-5-7-26(31)18-25)24-12-15-28(16-13-24)19-21-14-17-33-20-21/h5-11,14,17-18,20,24,31H,3-4,12-13,15-16,19H2,1-2H3. The molecule has 2 aromatic carbocycles. The van der Waals surface area contributed by atoms with Crippen molar-refractivity contribution in [3.05, 3.63) is 76.5 Å². The minimum absolute atomic E-state index is 0.0668. The van der Waals surface area contributed by atoms with Gasteiger partial charge in [0, 0.05) is 61.8 Å². The second-order valence-corrected chi connectivity index (χ2v) is 9.33. The van der Waals surface area contributed by atoms with Crippen LogP contribution in [-0.2, 0) is 6.54 Å². The summed E-state index contributed by atoms with van der Waals surface area (Å²) >= 11 is 1.75. The molecule has 0 aliphatic carbocycles. The first-order valence-electron chi connectivity index (χ1n) is 11.8. The molecule has 1 N–H and O–H groups in total. The van der Waals surface area contributed by atoms with Crippen molar-refractivity contribution in [1.29, 1.82) is 0 Å². The van der Waals surface area contributed by atoms with Crippen LogP contribution in [0.2, 0.25) is 0 Å². The van der Waals surface area contributed by atoms with Crippen LogP contribution < -0.4 is 4.90 Å². The van der Waals surface area contributed by atoms with Gasteiger partial charge >= 0.3 is 0 Å². The van der Waals surface area contributed by atoms with Crippen LogP contribution in [0.4, 0.5) is 11.4 Å². The number of thiophene rings is 1. The maximum Gasteiger partial charge on any atom is 0.253 e. The summed E-state index contributed by atoms with van der Waals surface area (Å²) < 4.78 is 0. The topological polar surface area (TPSA) is 47.0 Å². The molecular weight excluding hydrogens is 430 g/mol. The summed E-state index contributed by atoms with van der Waals surface area (Å²) in [5.74, 6) is 0.331. The molecule has 1 aliphatic heterocycles. The first kappa shape index (κ1) is 23.3. The first-order valence-corrected chi connectivity index (χ1v) is 12.7. The molecule has 1 amide bonds. The number of benzene rings is 2. The lowest BCUT2D eigenvalue weighted by molar-refractivity contribution is 0.0773. The number of hydrogen-bond donors (Lipinski definition) is 1. The van der Waals surface area contributed by atoms with Crippen LogP contribution in [0.15, 0.2) is 65.4 Å². The molecule has 0 unspecified atom stereocenters. The highest BCUT2D eigenvalue weighted by atomic mass is 32.1. The molecule has 0 radical (unpaired) electrons. The number of phenols is 1. The van der Waals surface area contributed by atoms with E-state index in [9.17, 15) is 9.90 Å². The number of anilines is 2. The van der Waals surface area contributed by atoms with Crippen molar-refractivity contribution < 1.29 is 9.90 Å². The van der Waals surface area contributed by atoms with E-state index in [2.05, 4.69) is 26.6 Å². The van der Waals surface area contributed by atoms with Gasteiger partial charge in [-0.1, -0.05) is 6.07 Å². The number of nitrogens with zero attached hydrogens (tertiary/aromatic N) is 3. The molecule has 33 heavy (non-hydrogen) atoms. The number of piperidine rings is 1. The zero-order valence-electron chi connectivity index (χ0n) is 19.5. The van der Waals surface area contributed by atoms with Crippen molar-refractivity contribution >= 4 is 28.6 Å². The molecule has 1 aromatic heterocycles. The van der Waals surface area contributed by atoms with Crippen LogP contribution in [0.25, 0.3) is 0 Å². The first-order chi connectivity index (χ1) is 16.1. The molecule has 0 bridgehead atoms. The van der Waals surface area contributed by atoms with Gasteiger partial charge in [0.2, 0.25) is 0 Å². The van der Waals surface area contributed by atoms with Gasteiger partial charge < -0.3 is 14.9 Å². The van der Waals surface area contributed by atoms with Crippen molar-refractivity contribution in [2.45, 2.75) is 39.3 Å². The van der Waals surface area contributed by atoms with E-state index < -0.39 is 0 Å². The predicted octanol–water partition coefficient (Wildman–Crippen LogP) is 5.74. The largest absolute Gasteiger partial charge is 0.508 e. The number of aromatic hydroxyl groups is 1. The molecule has 3 aromatic rings. The number of carbonyl (C=O) groups excluding carboxylic acids is 1. The molecule has 1 fully saturated rings. The smallest absolute Gasteiger partial charge is 0.253 e. The molecule has 0 spiro atoms. The van der Waals surface area contributed by atoms with Gasteiger partial charge in [0.1, 0.15) is 5.75 Å². The van der Waals surface area contributed by atoms with Gasteiger partial charge in [-0.15, -0.1) is 0 Å². The molecule has 4 rings (SSSR count). The monoisotopic (exact) mass is 463 g/mol. The van der Waals surface area contributed by atoms with Gasteiger partial charge in [-0.05, 0) is 85.5 Å². The SMILES string of the molecule is CCN(CC)C(=O)c1ccc(N(c2cccc(O)c2)C2CCN(Cc3ccsc3)CC2)cc1. The summed E-state index contributed by atoms with van der Waals surface area (Å²) in [4.78, 5) is 19.4. The second-order valence-electron chi connectivity index (χ2n) is 8.55. The van der Waals surface area contributed by atoms with Gasteiger partial charge in [-0.25, -0.2) is 0 Å². The zero-order valence-corrected chi connectivity index (χ0v) is 20.3. The highest BCUT2D eigenvalue weighted by molar-refractivity contribution is 7.07. The van der Waals surface area contributed by atoms with Crippen LogP contribution >= 0.6 is 11.3 Å². The summed E-state index contributed by atoms with van der Waals surface area (Å²) in [6.07, 6.45) is 2.08. The van der Waals surface area contributed by atoms with E-state index in [-0.39, 0.29) is 11.7 Å². The summed E-state index contributed by atoms with van der Waals surface area (Å²) in [7, 11) is 0. The number of hydrogen-bond acceptors (Lipinski definition) is 5. The van der Waals surface area contributed by atoms with Crippen LogP contribution in [-0.4, -0.2) is 53.0 Å². The average molecular weight is 464 g/mol. The Labute approximate surface area is 200 Å². The summed E-state index contributed by atoms with van der Waals surface area (Å²) in [6.45, 7) is 8.49. The van der Waals surface area contributed by atoms with Gasteiger partial charge in [0.15, 0.2) is 0 Å². The van der Waals surface area contributed by atoms with E-state index in [1.54, 1.807) is 17.4 Å². The third-order valence-corrected chi connectivity index (χ3v) is 7.19. The van der Waals surface area contributed by atoms with Crippen molar-refractivity contribution in [1.82, 2.24) is 9.80 Å². The summed E-state index contributed by atoms with van der Waals surface area (Å²) in [5, 5.41) is 14.5. The molecule has 1 saturated heterocycles. The quantitative estimate of drug-likeness (QED) is 0.463. The molecule has 0 atom stereocenters. The maximum absolute atomic E-state index is 12.7. The highest BCUT2D eigenvalue weighted by Crippen LogP contribution is 2.34. The van der Waals surface area contributed by atoms with E-state index in [0.717, 1.165) is 43.9 Å². The van der Waals surface area contributed by atoms with Gasteiger partial charge in [-0.2, -0.15) is 11.3 Å². The third kappa shape index (κ3) is 5.57. The number of likely N-dealkylation sites (tertiary alicyclic amines) is 1. The summed E-state index contributed by atoms with van der Waals surface area (Å²) in [6, 6.07) is 17.9. The van der Waals surface area contributed by atoms with Crippen LogP contribution in [0, 0.1) is 0 Å². The van der Waals surface area contributed by atoms with Crippen molar-refractivity contribution in [3.63, 3.8) is 0 Å². The average Bonchev–Trinajstić information content (AvgIpc) is 3.35. The van der Waals surface area contributed by atoms with E-state index in [0.29, 0.717) is 24.7 Å². The molecule has 2 heterocycles. The number of phenolic OH excluding ortho intramolecular Hbond substituents is 1. The minimum Gasteiger partial charge on any atom is -0.508 e. The zero-order chi connectivity index (χ0) is 23.2. The van der Waals surface area contributed by atoms with E-state index in [1.165, 1.54) is 5.56 Å². The van der Waals surface area contributed by atoms with E-state index >= 15 is 0 Å². The molecule has 6 heteroatoms. The Bertz CT molecular complexity index is 1020. The molecular formula is C27H33N3O2S. The Kier molecular flexibility index (Phi) is 7.68. The lowest BCUT2D eigenvalue weighted by Gasteiger charge is -2.40. The highest BCUT2D eigenvalue weighted by Gasteiger charge is 2.27. The van der Waals surface area contributed by atoms with Crippen molar-refractivity contribution in [2.75, 3.05) is 31.1 Å². The number of amides is 1. The van der Waals surface area contributed by atoms with Crippen LogP contribution in [0.3, 0.4) is 0 Å². The molecule has 5 nitrogen and oxygen atoms in total. The second kappa shape index (κ2) is 10.9. The Morgan fingerprint density at radius 3 is 2.36 bits per heavy atom. The normalized spacial score (nSPS) is 14.8. The van der Waals surface area contributed by atoms with Crippen LogP contribution in [0.1, 0.15) is 42.6 Å². The van der Waals surface area contributed by atoms with Gasteiger partial charge in [0.05, 0.1) is 0 Å². The molecule has 174 valence electrons. The Balaban J connectivity index is 1.54. The lowest BCUT2D eigenvalue weighted by Crippen LogP contribution is -2.42. The van der Waals surface area contributed by atoms with E-state index in [4.69, 9.17) is 0 Å². The fraction of sp³-hybridized carbons (Fsp3) is 0.370. The number of rotatable bonds is 8. The Morgan fingerprint density at radius 2 is 1.76 bits per heavy atom. The van der Waals surface area contributed by atoms with Crippen molar-refractivity contribution in [3.8, 4) is 5.75 Å². The number of carbonyl (C=O) groups is 1. The minimum atomic E-state index is 0.0668. The van der Waals surface area contributed by atoms with Gasteiger partial charge in [0.25, 0.3) is 5.91 Å². The fourth-order valence-electron chi connectivity index (χ4n) is 4.65. The molecule has 0 saturated carbocycles. The lowest BCUT2D eigenvalue weighted by atomic mass is 10.00. The molecule has 1 aliphatic rings. The van der Waals surface area contributed by atoms with E-state index in [1.807, 2.05) is 61.2 Å². The van der Waals surface area contributed by atoms with Crippen LogP contribution in [0.5, 0.6) is 5.75 Å².